The Balaban J connectivity index is 1.61. The lowest BCUT2D eigenvalue weighted by molar-refractivity contribution is -0.133. The predicted octanol–water partition coefficient (Wildman–Crippen LogP) is 4.45. The average molecular weight is 459 g/mol. The van der Waals surface area contributed by atoms with E-state index in [2.05, 4.69) is 11.4 Å². The van der Waals surface area contributed by atoms with Crippen molar-refractivity contribution in [3.8, 4) is 11.5 Å². The monoisotopic (exact) mass is 458 g/mol. The summed E-state index contributed by atoms with van der Waals surface area (Å²) in [4.78, 5) is 27.6. The zero-order valence-electron chi connectivity index (χ0n) is 19.8. The van der Waals surface area contributed by atoms with E-state index in [9.17, 15) is 9.59 Å². The fourth-order valence-electron chi connectivity index (χ4n) is 4.60. The van der Waals surface area contributed by atoms with Crippen molar-refractivity contribution in [2.75, 3.05) is 20.8 Å². The molecule has 1 heterocycles. The van der Waals surface area contributed by atoms with Gasteiger partial charge in [-0.25, -0.2) is 0 Å². The van der Waals surface area contributed by atoms with Crippen molar-refractivity contribution in [3.63, 3.8) is 0 Å². The van der Waals surface area contributed by atoms with E-state index >= 15 is 0 Å². The summed E-state index contributed by atoms with van der Waals surface area (Å²) in [5.41, 5.74) is 4.11. The van der Waals surface area contributed by atoms with E-state index in [4.69, 9.17) is 9.47 Å². The number of hydrogen-bond acceptors (Lipinski definition) is 4. The zero-order valence-corrected chi connectivity index (χ0v) is 19.8. The predicted molar refractivity (Wildman–Crippen MR) is 131 cm³/mol. The Kier molecular flexibility index (Phi) is 7.16. The second kappa shape index (κ2) is 10.4. The smallest absolute Gasteiger partial charge is 0.223 e. The van der Waals surface area contributed by atoms with Crippen LogP contribution in [0.4, 0.5) is 0 Å². The van der Waals surface area contributed by atoms with Gasteiger partial charge in [0.2, 0.25) is 11.8 Å². The number of nitrogens with one attached hydrogen (secondary N) is 1. The highest BCUT2D eigenvalue weighted by atomic mass is 16.5. The Hall–Kier alpha value is -3.80. The molecule has 3 aromatic carbocycles. The zero-order chi connectivity index (χ0) is 24.1. The Morgan fingerprint density at radius 2 is 1.47 bits per heavy atom. The maximum absolute atomic E-state index is 13.4. The van der Waals surface area contributed by atoms with Crippen LogP contribution in [0.25, 0.3) is 0 Å². The Morgan fingerprint density at radius 3 is 2.00 bits per heavy atom. The largest absolute Gasteiger partial charge is 0.497 e. The molecule has 1 aliphatic rings. The number of carbonyl (C=O) groups is 2. The number of benzene rings is 3. The summed E-state index contributed by atoms with van der Waals surface area (Å²) in [5.74, 6) is 1.36. The van der Waals surface area contributed by atoms with Crippen LogP contribution in [0.1, 0.15) is 47.7 Å². The molecule has 0 bridgehead atoms. The van der Waals surface area contributed by atoms with Gasteiger partial charge in [-0.1, -0.05) is 48.5 Å². The van der Waals surface area contributed by atoms with Gasteiger partial charge in [0.1, 0.15) is 11.5 Å². The number of ether oxygens (including phenoxy) is 2. The minimum Gasteiger partial charge on any atom is -0.497 e. The second-order valence-electron chi connectivity index (χ2n) is 8.43. The molecule has 4 rings (SSSR count). The minimum atomic E-state index is -0.353. The van der Waals surface area contributed by atoms with Crippen LogP contribution in [-0.4, -0.2) is 37.5 Å². The molecule has 0 aliphatic carbocycles. The topological polar surface area (TPSA) is 67.9 Å². The Labute approximate surface area is 200 Å². The summed E-state index contributed by atoms with van der Waals surface area (Å²) in [6.07, 6.45) is 0.994. The minimum absolute atomic E-state index is 0.0193. The first-order valence-corrected chi connectivity index (χ1v) is 11.4. The molecular formula is C28H30N2O4. The van der Waals surface area contributed by atoms with Crippen LogP contribution >= 0.6 is 0 Å². The summed E-state index contributed by atoms with van der Waals surface area (Å²) < 4.78 is 10.6. The summed E-state index contributed by atoms with van der Waals surface area (Å²) in [6.45, 7) is 2.18. The standard InChI is InChI=1S/C28H30N2O4/c1-19(31)30-17-16-20-6-4-5-7-25(20)26(30)18-27(32)29-28(21-8-12-23(33-2)13-9-21)22-10-14-24(34-3)15-11-22/h4-15,26,28H,16-18H2,1-3H3,(H,29,32). The van der Waals surface area contributed by atoms with Crippen molar-refractivity contribution in [1.29, 1.82) is 0 Å². The fourth-order valence-corrected chi connectivity index (χ4v) is 4.60. The molecule has 0 saturated carbocycles. The van der Waals surface area contributed by atoms with E-state index in [1.807, 2.05) is 66.7 Å². The van der Waals surface area contributed by atoms with E-state index in [0.717, 1.165) is 34.6 Å². The van der Waals surface area contributed by atoms with Crippen molar-refractivity contribution in [2.24, 2.45) is 0 Å². The van der Waals surface area contributed by atoms with Gasteiger partial charge in [-0.15, -0.1) is 0 Å². The van der Waals surface area contributed by atoms with E-state index in [-0.39, 0.29) is 30.3 Å². The van der Waals surface area contributed by atoms with Gasteiger partial charge < -0.3 is 19.7 Å². The molecule has 0 aromatic heterocycles. The second-order valence-corrected chi connectivity index (χ2v) is 8.43. The van der Waals surface area contributed by atoms with Crippen molar-refractivity contribution < 1.29 is 19.1 Å². The quantitative estimate of drug-likeness (QED) is 0.568. The third kappa shape index (κ3) is 5.06. The van der Waals surface area contributed by atoms with Gasteiger partial charge >= 0.3 is 0 Å². The molecule has 34 heavy (non-hydrogen) atoms. The van der Waals surface area contributed by atoms with Gasteiger partial charge in [0.05, 0.1) is 32.7 Å². The molecule has 1 unspecified atom stereocenters. The van der Waals surface area contributed by atoms with Crippen LogP contribution in [0, 0.1) is 0 Å². The van der Waals surface area contributed by atoms with E-state index in [1.54, 1.807) is 26.0 Å². The van der Waals surface area contributed by atoms with Crippen LogP contribution in [0.15, 0.2) is 72.8 Å². The number of amides is 2. The maximum atomic E-state index is 13.4. The normalized spacial score (nSPS) is 14.9. The maximum Gasteiger partial charge on any atom is 0.223 e. The van der Waals surface area contributed by atoms with Crippen molar-refractivity contribution >= 4 is 11.8 Å². The molecule has 176 valence electrons. The van der Waals surface area contributed by atoms with Gasteiger partial charge in [-0.3, -0.25) is 9.59 Å². The average Bonchev–Trinajstić information content (AvgIpc) is 2.87. The Bertz CT molecular complexity index is 1090. The van der Waals surface area contributed by atoms with Crippen molar-refractivity contribution in [3.05, 3.63) is 95.1 Å². The number of hydrogen-bond donors (Lipinski definition) is 1. The molecule has 0 radical (unpaired) electrons. The van der Waals surface area contributed by atoms with E-state index in [1.165, 1.54) is 5.56 Å². The summed E-state index contributed by atoms with van der Waals surface area (Å²) >= 11 is 0. The van der Waals surface area contributed by atoms with Crippen LogP contribution in [-0.2, 0) is 16.0 Å². The van der Waals surface area contributed by atoms with Gasteiger partial charge in [-0.2, -0.15) is 0 Å². The van der Waals surface area contributed by atoms with E-state index < -0.39 is 0 Å². The number of carbonyl (C=O) groups excluding carboxylic acids is 2. The summed E-state index contributed by atoms with van der Waals surface area (Å²) in [7, 11) is 3.25. The molecular weight excluding hydrogens is 428 g/mol. The van der Waals surface area contributed by atoms with Crippen LogP contribution in [0.5, 0.6) is 11.5 Å². The van der Waals surface area contributed by atoms with Gasteiger partial charge in [0.25, 0.3) is 0 Å². The molecule has 0 spiro atoms. The molecule has 6 nitrogen and oxygen atoms in total. The number of methoxy groups -OCH3 is 2. The van der Waals surface area contributed by atoms with Gasteiger partial charge in [-0.05, 0) is 52.9 Å². The molecule has 1 aliphatic heterocycles. The number of nitrogens with zero attached hydrogens (tertiary/aromatic N) is 1. The molecule has 3 aromatic rings. The van der Waals surface area contributed by atoms with Crippen LogP contribution < -0.4 is 14.8 Å². The van der Waals surface area contributed by atoms with Crippen LogP contribution in [0.2, 0.25) is 0 Å². The fraction of sp³-hybridized carbons (Fsp3) is 0.286. The first kappa shape index (κ1) is 23.4. The van der Waals surface area contributed by atoms with Gasteiger partial charge in [0, 0.05) is 13.5 Å². The molecule has 6 heteroatoms. The SMILES string of the molecule is COc1ccc(C(NC(=O)CC2c3ccccc3CCN2C(C)=O)c2ccc(OC)cc2)cc1. The lowest BCUT2D eigenvalue weighted by atomic mass is 9.90. The van der Waals surface area contributed by atoms with Gasteiger partial charge in [0.15, 0.2) is 0 Å². The third-order valence-electron chi connectivity index (χ3n) is 6.40. The molecule has 0 fully saturated rings. The lowest BCUT2D eigenvalue weighted by Gasteiger charge is -2.37. The van der Waals surface area contributed by atoms with Crippen molar-refractivity contribution in [1.82, 2.24) is 10.2 Å². The molecule has 0 saturated heterocycles. The van der Waals surface area contributed by atoms with Crippen LogP contribution in [0.3, 0.4) is 0 Å². The van der Waals surface area contributed by atoms with Crippen molar-refractivity contribution in [2.45, 2.75) is 31.8 Å². The number of rotatable bonds is 7. The summed E-state index contributed by atoms with van der Waals surface area (Å²) in [5, 5.41) is 3.20. The Morgan fingerprint density at radius 1 is 0.912 bits per heavy atom. The summed E-state index contributed by atoms with van der Waals surface area (Å²) in [6, 6.07) is 22.8. The first-order chi connectivity index (χ1) is 16.5. The highest BCUT2D eigenvalue weighted by molar-refractivity contribution is 5.80. The molecule has 2 amide bonds. The number of fused-ring (bicyclic) bond motifs is 1. The highest BCUT2D eigenvalue weighted by Crippen LogP contribution is 2.33. The first-order valence-electron chi connectivity index (χ1n) is 11.4. The lowest BCUT2D eigenvalue weighted by Crippen LogP contribution is -2.41. The molecule has 1 N–H and O–H groups in total. The highest BCUT2D eigenvalue weighted by Gasteiger charge is 2.31. The third-order valence-corrected chi connectivity index (χ3v) is 6.40. The van der Waals surface area contributed by atoms with E-state index in [0.29, 0.717) is 6.54 Å². The molecule has 1 atom stereocenters.